The Labute approximate surface area is 128 Å². The van der Waals surface area contributed by atoms with E-state index in [1.807, 2.05) is 12.1 Å². The Balaban J connectivity index is 2.23. The van der Waals surface area contributed by atoms with Gasteiger partial charge in [0.2, 0.25) is 5.91 Å². The second kappa shape index (κ2) is 6.76. The highest BCUT2D eigenvalue weighted by molar-refractivity contribution is 5.96. The minimum Gasteiger partial charge on any atom is -0.495 e. The number of allylic oxidation sites excluding steroid dienone is 2. The number of carbonyl (C=O) groups is 2. The second-order valence-corrected chi connectivity index (χ2v) is 5.01. The van der Waals surface area contributed by atoms with Gasteiger partial charge in [-0.2, -0.15) is 5.26 Å². The summed E-state index contributed by atoms with van der Waals surface area (Å²) in [6.07, 6.45) is 4.30. The molecule has 2 atom stereocenters. The number of ether oxygens (including phenoxy) is 1. The average molecular weight is 300 g/mol. The molecule has 0 spiro atoms. The van der Waals surface area contributed by atoms with E-state index >= 15 is 0 Å². The Hall–Kier alpha value is -2.81. The SMILES string of the molecule is COc1ccc(C#N)cc1NC(=O)[C@H]1CC=CC[C@H]1C(=O)O. The molecule has 1 aliphatic rings. The summed E-state index contributed by atoms with van der Waals surface area (Å²) >= 11 is 0. The quantitative estimate of drug-likeness (QED) is 0.830. The van der Waals surface area contributed by atoms with Crippen molar-refractivity contribution in [3.05, 3.63) is 35.9 Å². The zero-order valence-electron chi connectivity index (χ0n) is 12.1. The van der Waals surface area contributed by atoms with Gasteiger partial charge in [-0.25, -0.2) is 0 Å². The van der Waals surface area contributed by atoms with Crippen LogP contribution in [0.1, 0.15) is 18.4 Å². The maximum absolute atomic E-state index is 12.4. The van der Waals surface area contributed by atoms with Gasteiger partial charge >= 0.3 is 5.97 Å². The Kier molecular flexibility index (Phi) is 4.79. The van der Waals surface area contributed by atoms with Crippen molar-refractivity contribution in [2.45, 2.75) is 12.8 Å². The van der Waals surface area contributed by atoms with Gasteiger partial charge in [-0.1, -0.05) is 12.2 Å². The number of nitrogens with one attached hydrogen (secondary N) is 1. The molecule has 6 heteroatoms. The number of nitrogens with zero attached hydrogens (tertiary/aromatic N) is 1. The molecule has 6 nitrogen and oxygen atoms in total. The molecule has 2 N–H and O–H groups in total. The zero-order valence-corrected chi connectivity index (χ0v) is 12.1. The minimum absolute atomic E-state index is 0.336. The smallest absolute Gasteiger partial charge is 0.307 e. The van der Waals surface area contributed by atoms with Crippen molar-refractivity contribution in [1.29, 1.82) is 5.26 Å². The van der Waals surface area contributed by atoms with Crippen molar-refractivity contribution < 1.29 is 19.4 Å². The summed E-state index contributed by atoms with van der Waals surface area (Å²) < 4.78 is 5.15. The lowest BCUT2D eigenvalue weighted by Crippen LogP contribution is -2.34. The van der Waals surface area contributed by atoms with Crippen LogP contribution in [-0.4, -0.2) is 24.1 Å². The fraction of sp³-hybridized carbons (Fsp3) is 0.312. The summed E-state index contributed by atoms with van der Waals surface area (Å²) in [4.78, 5) is 23.7. The van der Waals surface area contributed by atoms with E-state index in [-0.39, 0.29) is 5.91 Å². The van der Waals surface area contributed by atoms with Crippen molar-refractivity contribution in [3.63, 3.8) is 0 Å². The van der Waals surface area contributed by atoms with Crippen LogP contribution in [0.5, 0.6) is 5.75 Å². The predicted molar refractivity (Wildman–Crippen MR) is 79.3 cm³/mol. The summed E-state index contributed by atoms with van der Waals surface area (Å²) in [5.74, 6) is -2.33. The molecule has 2 rings (SSSR count). The van der Waals surface area contributed by atoms with Gasteiger partial charge in [0.25, 0.3) is 0 Å². The summed E-state index contributed by atoms with van der Waals surface area (Å²) in [5.41, 5.74) is 0.750. The highest BCUT2D eigenvalue weighted by atomic mass is 16.5. The van der Waals surface area contributed by atoms with Crippen molar-refractivity contribution in [3.8, 4) is 11.8 Å². The molecule has 0 radical (unpaired) electrons. The van der Waals surface area contributed by atoms with Crippen molar-refractivity contribution in [2.75, 3.05) is 12.4 Å². The number of methoxy groups -OCH3 is 1. The van der Waals surface area contributed by atoms with Gasteiger partial charge in [-0.05, 0) is 31.0 Å². The third-order valence-electron chi connectivity index (χ3n) is 3.67. The number of aliphatic carboxylic acids is 1. The van der Waals surface area contributed by atoms with Crippen LogP contribution in [0.2, 0.25) is 0 Å². The molecule has 1 aromatic carbocycles. The molecule has 1 aliphatic carbocycles. The Morgan fingerprint density at radius 1 is 1.32 bits per heavy atom. The fourth-order valence-corrected chi connectivity index (χ4v) is 2.48. The molecular weight excluding hydrogens is 284 g/mol. The number of rotatable bonds is 4. The molecule has 0 bridgehead atoms. The van der Waals surface area contributed by atoms with Gasteiger partial charge < -0.3 is 15.2 Å². The first-order chi connectivity index (χ1) is 10.6. The van der Waals surface area contributed by atoms with E-state index in [9.17, 15) is 14.7 Å². The lowest BCUT2D eigenvalue weighted by atomic mass is 9.82. The molecule has 22 heavy (non-hydrogen) atoms. The molecule has 0 unspecified atom stereocenters. The third kappa shape index (κ3) is 3.26. The first kappa shape index (κ1) is 15.6. The number of nitriles is 1. The van der Waals surface area contributed by atoms with Crippen molar-refractivity contribution in [1.82, 2.24) is 0 Å². The minimum atomic E-state index is -0.984. The summed E-state index contributed by atoms with van der Waals surface area (Å²) in [7, 11) is 1.46. The molecule has 0 heterocycles. The molecule has 114 valence electrons. The van der Waals surface area contributed by atoms with Gasteiger partial charge in [-0.3, -0.25) is 9.59 Å². The van der Waals surface area contributed by atoms with E-state index in [2.05, 4.69) is 5.32 Å². The molecule has 1 amide bonds. The molecule has 0 saturated heterocycles. The van der Waals surface area contributed by atoms with Gasteiger partial charge in [-0.15, -0.1) is 0 Å². The Morgan fingerprint density at radius 2 is 2.00 bits per heavy atom. The maximum atomic E-state index is 12.4. The molecule has 0 fully saturated rings. The summed E-state index contributed by atoms with van der Waals surface area (Å²) in [5, 5.41) is 20.8. The van der Waals surface area contributed by atoms with Crippen LogP contribution in [0.3, 0.4) is 0 Å². The van der Waals surface area contributed by atoms with E-state index in [1.54, 1.807) is 18.2 Å². The summed E-state index contributed by atoms with van der Waals surface area (Å²) in [6.45, 7) is 0. The largest absolute Gasteiger partial charge is 0.495 e. The van der Waals surface area contributed by atoms with Crippen LogP contribution in [0.15, 0.2) is 30.4 Å². The first-order valence-corrected chi connectivity index (χ1v) is 6.83. The number of carboxylic acids is 1. The van der Waals surface area contributed by atoms with Crippen LogP contribution in [0.25, 0.3) is 0 Å². The van der Waals surface area contributed by atoms with Gasteiger partial charge in [0.05, 0.1) is 36.3 Å². The van der Waals surface area contributed by atoms with Crippen LogP contribution in [-0.2, 0) is 9.59 Å². The Bertz CT molecular complexity index is 661. The molecule has 0 aromatic heterocycles. The average Bonchev–Trinajstić information content (AvgIpc) is 2.54. The van der Waals surface area contributed by atoms with Crippen LogP contribution >= 0.6 is 0 Å². The van der Waals surface area contributed by atoms with E-state index < -0.39 is 17.8 Å². The van der Waals surface area contributed by atoms with Gasteiger partial charge in [0, 0.05) is 0 Å². The molecular formula is C16H16N2O4. The molecule has 1 aromatic rings. The van der Waals surface area contributed by atoms with Gasteiger partial charge in [0.15, 0.2) is 0 Å². The first-order valence-electron chi connectivity index (χ1n) is 6.83. The highest BCUT2D eigenvalue weighted by Crippen LogP contribution is 2.30. The van der Waals surface area contributed by atoms with Crippen LogP contribution in [0, 0.1) is 23.2 Å². The van der Waals surface area contributed by atoms with Crippen molar-refractivity contribution in [2.24, 2.45) is 11.8 Å². The molecule has 0 aliphatic heterocycles. The predicted octanol–water partition coefficient (Wildman–Crippen LogP) is 2.17. The number of amides is 1. The number of hydrogen-bond donors (Lipinski definition) is 2. The van der Waals surface area contributed by atoms with Crippen LogP contribution in [0.4, 0.5) is 5.69 Å². The number of carboxylic acid groups (broad SMARTS) is 1. The normalized spacial score (nSPS) is 20.0. The standard InChI is InChI=1S/C16H16N2O4/c1-22-14-7-6-10(9-17)8-13(14)18-15(19)11-4-2-3-5-12(11)16(20)21/h2-3,6-8,11-12H,4-5H2,1H3,(H,18,19)(H,20,21)/t11-,12+/m0/s1. The second-order valence-electron chi connectivity index (χ2n) is 5.01. The van der Waals surface area contributed by atoms with Crippen LogP contribution < -0.4 is 10.1 Å². The van der Waals surface area contributed by atoms with E-state index in [0.29, 0.717) is 29.8 Å². The lowest BCUT2D eigenvalue weighted by molar-refractivity contribution is -0.146. The lowest BCUT2D eigenvalue weighted by Gasteiger charge is -2.24. The van der Waals surface area contributed by atoms with E-state index in [1.165, 1.54) is 13.2 Å². The van der Waals surface area contributed by atoms with Gasteiger partial charge in [0.1, 0.15) is 5.75 Å². The number of anilines is 1. The molecule has 0 saturated carbocycles. The zero-order chi connectivity index (χ0) is 16.1. The number of benzene rings is 1. The number of carbonyl (C=O) groups excluding carboxylic acids is 1. The topological polar surface area (TPSA) is 99.4 Å². The third-order valence-corrected chi connectivity index (χ3v) is 3.67. The fourth-order valence-electron chi connectivity index (χ4n) is 2.48. The van der Waals surface area contributed by atoms with E-state index in [4.69, 9.17) is 10.00 Å². The summed E-state index contributed by atoms with van der Waals surface area (Å²) in [6, 6.07) is 6.66. The van der Waals surface area contributed by atoms with Crippen molar-refractivity contribution >= 4 is 17.6 Å². The number of hydrogen-bond acceptors (Lipinski definition) is 4. The Morgan fingerprint density at radius 3 is 2.59 bits per heavy atom. The highest BCUT2D eigenvalue weighted by Gasteiger charge is 2.34. The monoisotopic (exact) mass is 300 g/mol. The van der Waals surface area contributed by atoms with E-state index in [0.717, 1.165) is 0 Å². The maximum Gasteiger partial charge on any atom is 0.307 e.